The van der Waals surface area contributed by atoms with Crippen LogP contribution in [0.3, 0.4) is 0 Å². The molecule has 1 rings (SSSR count). The summed E-state index contributed by atoms with van der Waals surface area (Å²) in [6.45, 7) is 3.63. The molecule has 0 amide bonds. The molecule has 3 heteroatoms. The molecule has 0 aromatic heterocycles. The van der Waals surface area contributed by atoms with Gasteiger partial charge in [0.1, 0.15) is 5.82 Å². The van der Waals surface area contributed by atoms with Gasteiger partial charge in [0.05, 0.1) is 4.47 Å². The van der Waals surface area contributed by atoms with E-state index in [1.54, 1.807) is 12.1 Å². The van der Waals surface area contributed by atoms with Crippen LogP contribution in [0, 0.1) is 5.82 Å². The lowest BCUT2D eigenvalue weighted by Crippen LogP contribution is -2.09. The maximum absolute atomic E-state index is 12.9. The van der Waals surface area contributed by atoms with Crippen molar-refractivity contribution in [2.45, 2.75) is 18.9 Å². The topological polar surface area (TPSA) is 26.0 Å². The molecule has 14 heavy (non-hydrogen) atoms. The van der Waals surface area contributed by atoms with Gasteiger partial charge in [-0.15, -0.1) is 6.58 Å². The maximum atomic E-state index is 12.9. The van der Waals surface area contributed by atoms with Crippen molar-refractivity contribution in [2.24, 2.45) is 5.73 Å². The Morgan fingerprint density at radius 2 is 2.29 bits per heavy atom. The molecule has 0 radical (unpaired) electrons. The Hall–Kier alpha value is -0.670. The first kappa shape index (κ1) is 11.4. The predicted molar refractivity (Wildman–Crippen MR) is 60.5 cm³/mol. The second-order valence-corrected chi connectivity index (χ2v) is 4.00. The Morgan fingerprint density at radius 1 is 1.57 bits per heavy atom. The molecule has 0 heterocycles. The number of hydrogen-bond acceptors (Lipinski definition) is 1. The van der Waals surface area contributed by atoms with E-state index in [1.807, 2.05) is 6.08 Å². The molecule has 0 saturated carbocycles. The van der Waals surface area contributed by atoms with Crippen molar-refractivity contribution < 1.29 is 4.39 Å². The molecule has 1 atom stereocenters. The first-order valence-corrected chi connectivity index (χ1v) is 5.26. The molecule has 0 unspecified atom stereocenters. The molecule has 0 fully saturated rings. The van der Waals surface area contributed by atoms with Crippen LogP contribution in [0.5, 0.6) is 0 Å². The van der Waals surface area contributed by atoms with E-state index in [4.69, 9.17) is 5.73 Å². The monoisotopic (exact) mass is 257 g/mol. The summed E-state index contributed by atoms with van der Waals surface area (Å²) in [5, 5.41) is 0. The van der Waals surface area contributed by atoms with Crippen LogP contribution in [0.1, 0.15) is 24.4 Å². The van der Waals surface area contributed by atoms with Gasteiger partial charge in [-0.3, -0.25) is 0 Å². The summed E-state index contributed by atoms with van der Waals surface area (Å²) in [7, 11) is 0. The number of allylic oxidation sites excluding steroid dienone is 1. The summed E-state index contributed by atoms with van der Waals surface area (Å²) in [4.78, 5) is 0. The first-order valence-electron chi connectivity index (χ1n) is 4.46. The predicted octanol–water partition coefficient (Wildman–Crippen LogP) is 3.55. The number of nitrogens with two attached hydrogens (primary N) is 1. The van der Waals surface area contributed by atoms with Gasteiger partial charge in [0.25, 0.3) is 0 Å². The Bertz CT molecular complexity index is 325. The standard InChI is InChI=1S/C11H13BrFN/c1-2-3-4-11(14)8-5-6-10(13)9(12)7-8/h2,5-7,11H,1,3-4,14H2/t11-/m1/s1. The molecule has 0 aliphatic carbocycles. The molecule has 76 valence electrons. The summed E-state index contributed by atoms with van der Waals surface area (Å²) >= 11 is 3.13. The van der Waals surface area contributed by atoms with E-state index in [9.17, 15) is 4.39 Å². The molecule has 1 aromatic rings. The smallest absolute Gasteiger partial charge is 0.137 e. The highest BCUT2D eigenvalue weighted by atomic mass is 79.9. The van der Waals surface area contributed by atoms with Crippen LogP contribution in [0.4, 0.5) is 4.39 Å². The highest BCUT2D eigenvalue weighted by molar-refractivity contribution is 9.10. The fourth-order valence-corrected chi connectivity index (χ4v) is 1.60. The van der Waals surface area contributed by atoms with Gasteiger partial charge >= 0.3 is 0 Å². The lowest BCUT2D eigenvalue weighted by Gasteiger charge is -2.11. The molecule has 0 spiro atoms. The highest BCUT2D eigenvalue weighted by Gasteiger charge is 2.07. The van der Waals surface area contributed by atoms with Gasteiger partial charge in [0.2, 0.25) is 0 Å². The van der Waals surface area contributed by atoms with E-state index in [1.165, 1.54) is 6.07 Å². The van der Waals surface area contributed by atoms with Crippen molar-refractivity contribution in [2.75, 3.05) is 0 Å². The van der Waals surface area contributed by atoms with Crippen molar-refractivity contribution in [3.8, 4) is 0 Å². The van der Waals surface area contributed by atoms with Crippen LogP contribution in [0.2, 0.25) is 0 Å². The van der Waals surface area contributed by atoms with Gasteiger partial charge in [-0.25, -0.2) is 4.39 Å². The molecule has 1 nitrogen and oxygen atoms in total. The van der Waals surface area contributed by atoms with E-state index in [2.05, 4.69) is 22.5 Å². The fourth-order valence-electron chi connectivity index (χ4n) is 1.21. The molecule has 0 bridgehead atoms. The second kappa shape index (κ2) is 5.27. The SMILES string of the molecule is C=CCC[C@@H](N)c1ccc(F)c(Br)c1. The largest absolute Gasteiger partial charge is 0.324 e. The Morgan fingerprint density at radius 3 is 2.86 bits per heavy atom. The Balaban J connectivity index is 2.75. The lowest BCUT2D eigenvalue weighted by molar-refractivity contribution is 0.614. The summed E-state index contributed by atoms with van der Waals surface area (Å²) in [5.74, 6) is -0.260. The van der Waals surface area contributed by atoms with Crippen molar-refractivity contribution in [3.05, 3.63) is 46.7 Å². The number of rotatable bonds is 4. The molecule has 0 aliphatic heterocycles. The minimum Gasteiger partial charge on any atom is -0.324 e. The van der Waals surface area contributed by atoms with Gasteiger partial charge in [0.15, 0.2) is 0 Å². The molecular weight excluding hydrogens is 245 g/mol. The number of halogens is 2. The molecular formula is C11H13BrFN. The second-order valence-electron chi connectivity index (χ2n) is 3.15. The van der Waals surface area contributed by atoms with E-state index < -0.39 is 0 Å². The van der Waals surface area contributed by atoms with E-state index in [0.29, 0.717) is 4.47 Å². The zero-order chi connectivity index (χ0) is 10.6. The number of benzene rings is 1. The third-order valence-corrected chi connectivity index (χ3v) is 2.66. The minimum absolute atomic E-state index is 0.0510. The summed E-state index contributed by atoms with van der Waals surface area (Å²) in [5.41, 5.74) is 6.85. The van der Waals surface area contributed by atoms with Crippen molar-refractivity contribution >= 4 is 15.9 Å². The lowest BCUT2D eigenvalue weighted by atomic mass is 10.0. The van der Waals surface area contributed by atoms with Crippen LogP contribution in [0.25, 0.3) is 0 Å². The third-order valence-electron chi connectivity index (χ3n) is 2.05. The van der Waals surface area contributed by atoms with Crippen LogP contribution < -0.4 is 5.73 Å². The average molecular weight is 258 g/mol. The number of hydrogen-bond donors (Lipinski definition) is 1. The van der Waals surface area contributed by atoms with Gasteiger partial charge < -0.3 is 5.73 Å². The van der Waals surface area contributed by atoms with Crippen LogP contribution in [-0.4, -0.2) is 0 Å². The van der Waals surface area contributed by atoms with Crippen LogP contribution >= 0.6 is 15.9 Å². The van der Waals surface area contributed by atoms with Crippen LogP contribution in [0.15, 0.2) is 35.3 Å². The van der Waals surface area contributed by atoms with Gasteiger partial charge in [-0.05, 0) is 46.5 Å². The quantitative estimate of drug-likeness (QED) is 0.821. The van der Waals surface area contributed by atoms with Crippen molar-refractivity contribution in [1.29, 1.82) is 0 Å². The third kappa shape index (κ3) is 2.93. The summed E-state index contributed by atoms with van der Waals surface area (Å²) in [6, 6.07) is 4.81. The average Bonchev–Trinajstić information content (AvgIpc) is 2.18. The first-order chi connectivity index (χ1) is 6.65. The van der Waals surface area contributed by atoms with E-state index in [0.717, 1.165) is 18.4 Å². The molecule has 0 saturated heterocycles. The molecule has 2 N–H and O–H groups in total. The van der Waals surface area contributed by atoms with Crippen molar-refractivity contribution in [3.63, 3.8) is 0 Å². The van der Waals surface area contributed by atoms with Gasteiger partial charge in [-0.2, -0.15) is 0 Å². The van der Waals surface area contributed by atoms with E-state index >= 15 is 0 Å². The van der Waals surface area contributed by atoms with Crippen LogP contribution in [-0.2, 0) is 0 Å². The maximum Gasteiger partial charge on any atom is 0.137 e. The van der Waals surface area contributed by atoms with Gasteiger partial charge in [0, 0.05) is 6.04 Å². The Labute approximate surface area is 91.9 Å². The van der Waals surface area contributed by atoms with Gasteiger partial charge in [-0.1, -0.05) is 12.1 Å². The fraction of sp³-hybridized carbons (Fsp3) is 0.273. The van der Waals surface area contributed by atoms with E-state index in [-0.39, 0.29) is 11.9 Å². The van der Waals surface area contributed by atoms with Crippen molar-refractivity contribution in [1.82, 2.24) is 0 Å². The normalized spacial score (nSPS) is 12.5. The minimum atomic E-state index is -0.260. The molecule has 0 aliphatic rings. The zero-order valence-corrected chi connectivity index (χ0v) is 9.43. The Kier molecular flexibility index (Phi) is 4.29. The highest BCUT2D eigenvalue weighted by Crippen LogP contribution is 2.22. The zero-order valence-electron chi connectivity index (χ0n) is 7.84. The summed E-state index contributed by atoms with van der Waals surface area (Å²) in [6.07, 6.45) is 3.54. The summed E-state index contributed by atoms with van der Waals surface area (Å²) < 4.78 is 13.4. The molecule has 1 aromatic carbocycles.